The van der Waals surface area contributed by atoms with E-state index in [-0.39, 0.29) is 11.9 Å². The maximum Gasteiger partial charge on any atom is 0.226 e. The third-order valence-corrected chi connectivity index (χ3v) is 5.03. The summed E-state index contributed by atoms with van der Waals surface area (Å²) in [6.45, 7) is 2.05. The summed E-state index contributed by atoms with van der Waals surface area (Å²) in [6, 6.07) is 21.5. The molecule has 1 aromatic heterocycles. The topological polar surface area (TPSA) is 29.1 Å². The lowest BCUT2D eigenvalue weighted by molar-refractivity contribution is -0.120. The van der Waals surface area contributed by atoms with Crippen LogP contribution in [0.15, 0.2) is 66.7 Å². The molecule has 3 rings (SSSR count). The molecule has 0 fully saturated rings. The predicted molar refractivity (Wildman–Crippen MR) is 101 cm³/mol. The second kappa shape index (κ2) is 7.65. The number of hydrogen-bond donors (Lipinski definition) is 1. The van der Waals surface area contributed by atoms with Crippen LogP contribution < -0.4 is 5.32 Å². The van der Waals surface area contributed by atoms with Gasteiger partial charge >= 0.3 is 0 Å². The molecule has 0 bridgehead atoms. The van der Waals surface area contributed by atoms with Crippen LogP contribution >= 0.6 is 22.9 Å². The van der Waals surface area contributed by atoms with Crippen LogP contribution in [-0.2, 0) is 11.2 Å². The molecule has 1 atom stereocenters. The van der Waals surface area contributed by atoms with Gasteiger partial charge in [0, 0.05) is 14.8 Å². The molecule has 0 saturated heterocycles. The Hall–Kier alpha value is -2.10. The van der Waals surface area contributed by atoms with Crippen molar-refractivity contribution in [3.63, 3.8) is 0 Å². The van der Waals surface area contributed by atoms with Crippen LogP contribution in [-0.4, -0.2) is 5.91 Å². The van der Waals surface area contributed by atoms with Crippen molar-refractivity contribution in [1.82, 2.24) is 5.32 Å². The smallest absolute Gasteiger partial charge is 0.226 e. The summed E-state index contributed by atoms with van der Waals surface area (Å²) in [7, 11) is 0. The lowest BCUT2D eigenvalue weighted by Crippen LogP contribution is -2.30. The van der Waals surface area contributed by atoms with Crippen LogP contribution in [0.1, 0.15) is 26.9 Å². The highest BCUT2D eigenvalue weighted by Gasteiger charge is 2.17. The van der Waals surface area contributed by atoms with Gasteiger partial charge in [0.1, 0.15) is 0 Å². The van der Waals surface area contributed by atoms with Crippen LogP contribution in [0.5, 0.6) is 0 Å². The van der Waals surface area contributed by atoms with Crippen LogP contribution in [0.3, 0.4) is 0 Å². The average molecular weight is 356 g/mol. The number of amides is 1. The van der Waals surface area contributed by atoms with Crippen molar-refractivity contribution < 1.29 is 4.79 Å². The molecule has 1 amide bonds. The number of hydrogen-bond acceptors (Lipinski definition) is 2. The Bertz CT molecular complexity index is 811. The van der Waals surface area contributed by atoms with E-state index in [9.17, 15) is 4.79 Å². The highest BCUT2D eigenvalue weighted by atomic mass is 35.5. The summed E-state index contributed by atoms with van der Waals surface area (Å²) < 4.78 is 0. The van der Waals surface area contributed by atoms with Crippen molar-refractivity contribution in [1.29, 1.82) is 0 Å². The quantitative estimate of drug-likeness (QED) is 0.673. The van der Waals surface area contributed by atoms with Crippen molar-refractivity contribution in [3.8, 4) is 0 Å². The maximum atomic E-state index is 12.5. The zero-order valence-electron chi connectivity index (χ0n) is 13.3. The molecule has 0 aliphatic rings. The fourth-order valence-corrected chi connectivity index (χ4v) is 3.63. The van der Waals surface area contributed by atoms with E-state index in [1.54, 1.807) is 11.3 Å². The van der Waals surface area contributed by atoms with Gasteiger partial charge in [-0.15, -0.1) is 11.3 Å². The zero-order chi connectivity index (χ0) is 16.9. The van der Waals surface area contributed by atoms with E-state index in [4.69, 9.17) is 11.6 Å². The molecule has 1 heterocycles. The van der Waals surface area contributed by atoms with E-state index < -0.39 is 0 Å². The number of thiophene rings is 1. The van der Waals surface area contributed by atoms with Crippen molar-refractivity contribution >= 4 is 28.8 Å². The highest BCUT2D eigenvalue weighted by Crippen LogP contribution is 2.24. The summed E-state index contributed by atoms with van der Waals surface area (Å²) in [5, 5.41) is 3.84. The summed E-state index contributed by atoms with van der Waals surface area (Å²) in [5.41, 5.74) is 2.07. The molecule has 3 aromatic rings. The van der Waals surface area contributed by atoms with Crippen molar-refractivity contribution in [2.45, 2.75) is 19.4 Å². The first-order valence-corrected chi connectivity index (χ1v) is 8.96. The molecule has 0 aliphatic heterocycles. The van der Waals surface area contributed by atoms with Gasteiger partial charge in [0.05, 0.1) is 12.5 Å². The van der Waals surface area contributed by atoms with E-state index in [2.05, 4.69) is 5.32 Å². The number of rotatable bonds is 5. The molecule has 0 unspecified atom stereocenters. The monoisotopic (exact) mass is 355 g/mol. The van der Waals surface area contributed by atoms with E-state index in [0.717, 1.165) is 16.0 Å². The average Bonchev–Trinajstić information content (AvgIpc) is 2.99. The van der Waals surface area contributed by atoms with E-state index in [0.29, 0.717) is 11.4 Å². The summed E-state index contributed by atoms with van der Waals surface area (Å²) >= 11 is 7.65. The van der Waals surface area contributed by atoms with Crippen LogP contribution in [0.2, 0.25) is 5.02 Å². The molecular formula is C20H18ClNOS. The first-order chi connectivity index (χ1) is 11.6. The van der Waals surface area contributed by atoms with E-state index in [1.807, 2.05) is 73.7 Å². The molecule has 2 nitrogen and oxygen atoms in total. The predicted octanol–water partition coefficient (Wildman–Crippen LogP) is 5.16. The fraction of sp³-hybridized carbons (Fsp3) is 0.150. The number of nitrogens with one attached hydrogen (secondary N) is 1. The molecule has 0 spiro atoms. The molecule has 0 aliphatic carbocycles. The molecule has 1 N–H and O–H groups in total. The molecule has 4 heteroatoms. The number of aryl methyl sites for hydroxylation is 1. The third kappa shape index (κ3) is 4.25. The van der Waals surface area contributed by atoms with Crippen molar-refractivity contribution in [2.24, 2.45) is 0 Å². The molecule has 122 valence electrons. The highest BCUT2D eigenvalue weighted by molar-refractivity contribution is 7.12. The fourth-order valence-electron chi connectivity index (χ4n) is 2.61. The van der Waals surface area contributed by atoms with Crippen molar-refractivity contribution in [2.75, 3.05) is 0 Å². The summed E-state index contributed by atoms with van der Waals surface area (Å²) in [4.78, 5) is 14.8. The SMILES string of the molecule is Cc1ccc(CC(=O)N[C@@H](c2ccccc2)c2ccc(Cl)cc2)s1. The summed E-state index contributed by atoms with van der Waals surface area (Å²) in [5.74, 6) is 0.0145. The lowest BCUT2D eigenvalue weighted by Gasteiger charge is -2.20. The molecule has 0 saturated carbocycles. The zero-order valence-corrected chi connectivity index (χ0v) is 14.9. The third-order valence-electron chi connectivity index (χ3n) is 3.77. The number of carbonyl (C=O) groups excluding carboxylic acids is 1. The van der Waals surface area contributed by atoms with Crippen LogP contribution in [0.25, 0.3) is 0 Å². The first-order valence-electron chi connectivity index (χ1n) is 7.77. The number of carbonyl (C=O) groups is 1. The van der Waals surface area contributed by atoms with Gasteiger partial charge in [0.25, 0.3) is 0 Å². The molecule has 24 heavy (non-hydrogen) atoms. The van der Waals surface area contributed by atoms with Gasteiger partial charge in [-0.2, -0.15) is 0 Å². The maximum absolute atomic E-state index is 12.5. The number of benzene rings is 2. The van der Waals surface area contributed by atoms with E-state index in [1.165, 1.54) is 4.88 Å². The van der Waals surface area contributed by atoms with E-state index >= 15 is 0 Å². The van der Waals surface area contributed by atoms with Gasteiger partial charge < -0.3 is 5.32 Å². The Kier molecular flexibility index (Phi) is 5.34. The molecular weight excluding hydrogens is 338 g/mol. The van der Waals surface area contributed by atoms with Gasteiger partial charge in [-0.3, -0.25) is 4.79 Å². The first kappa shape index (κ1) is 16.7. The minimum atomic E-state index is -0.183. The Morgan fingerprint density at radius 1 is 1.00 bits per heavy atom. The lowest BCUT2D eigenvalue weighted by atomic mass is 9.98. The summed E-state index contributed by atoms with van der Waals surface area (Å²) in [6.07, 6.45) is 0.398. The van der Waals surface area contributed by atoms with Crippen molar-refractivity contribution in [3.05, 3.63) is 92.6 Å². The normalized spacial score (nSPS) is 11.9. The second-order valence-electron chi connectivity index (χ2n) is 5.65. The van der Waals surface area contributed by atoms with Gasteiger partial charge in [-0.25, -0.2) is 0 Å². The largest absolute Gasteiger partial charge is 0.345 e. The minimum Gasteiger partial charge on any atom is -0.345 e. The minimum absolute atomic E-state index is 0.0145. The Labute approximate surface area is 151 Å². The van der Waals surface area contributed by atoms with Gasteiger partial charge in [-0.05, 0) is 42.3 Å². The van der Waals surface area contributed by atoms with Gasteiger partial charge in [0.2, 0.25) is 5.91 Å². The Balaban J connectivity index is 1.82. The number of halogens is 1. The second-order valence-corrected chi connectivity index (χ2v) is 7.46. The molecule has 2 aromatic carbocycles. The van der Waals surface area contributed by atoms with Gasteiger partial charge in [-0.1, -0.05) is 54.1 Å². The van der Waals surface area contributed by atoms with Crippen LogP contribution in [0, 0.1) is 6.92 Å². The van der Waals surface area contributed by atoms with Crippen LogP contribution in [0.4, 0.5) is 0 Å². The standard InChI is InChI=1S/C20H18ClNOS/c1-14-7-12-18(24-14)13-19(23)22-20(15-5-3-2-4-6-15)16-8-10-17(21)11-9-16/h2-12,20H,13H2,1H3,(H,22,23)/t20-/m0/s1. The van der Waals surface area contributed by atoms with Gasteiger partial charge in [0.15, 0.2) is 0 Å². The molecule has 0 radical (unpaired) electrons. The Morgan fingerprint density at radius 2 is 1.67 bits per heavy atom. The Morgan fingerprint density at radius 3 is 2.29 bits per heavy atom.